The SMILES string of the molecule is CC(C)(C)OC(=O)C[C@@H](N)CCN1CCCCC1. The lowest BCUT2D eigenvalue weighted by Gasteiger charge is -2.27. The zero-order valence-corrected chi connectivity index (χ0v) is 12.1. The summed E-state index contributed by atoms with van der Waals surface area (Å²) in [6, 6.07) is -0.0817. The first-order valence-electron chi connectivity index (χ1n) is 7.06. The summed E-state index contributed by atoms with van der Waals surface area (Å²) < 4.78 is 5.27. The highest BCUT2D eigenvalue weighted by Crippen LogP contribution is 2.12. The van der Waals surface area contributed by atoms with Crippen LogP contribution in [0.25, 0.3) is 0 Å². The molecule has 1 heterocycles. The summed E-state index contributed by atoms with van der Waals surface area (Å²) in [6.45, 7) is 9.00. The summed E-state index contributed by atoms with van der Waals surface area (Å²) in [7, 11) is 0. The van der Waals surface area contributed by atoms with Crippen LogP contribution in [-0.2, 0) is 9.53 Å². The van der Waals surface area contributed by atoms with Crippen molar-refractivity contribution < 1.29 is 9.53 Å². The summed E-state index contributed by atoms with van der Waals surface area (Å²) in [5.74, 6) is -0.186. The fourth-order valence-corrected chi connectivity index (χ4v) is 2.23. The van der Waals surface area contributed by atoms with Gasteiger partial charge >= 0.3 is 5.97 Å². The molecule has 0 aromatic heterocycles. The number of carbonyl (C=O) groups is 1. The molecule has 0 aromatic carbocycles. The lowest BCUT2D eigenvalue weighted by Crippen LogP contribution is -2.36. The van der Waals surface area contributed by atoms with Gasteiger partial charge in [-0.05, 0) is 59.7 Å². The molecule has 1 aliphatic rings. The van der Waals surface area contributed by atoms with Crippen molar-refractivity contribution in [3.05, 3.63) is 0 Å². The highest BCUT2D eigenvalue weighted by atomic mass is 16.6. The Morgan fingerprint density at radius 3 is 2.44 bits per heavy atom. The quantitative estimate of drug-likeness (QED) is 0.764. The molecule has 0 aromatic rings. The summed E-state index contributed by atoms with van der Waals surface area (Å²) in [5.41, 5.74) is 5.57. The lowest BCUT2D eigenvalue weighted by molar-refractivity contribution is -0.155. The average molecular weight is 256 g/mol. The molecule has 0 radical (unpaired) electrons. The molecule has 4 heteroatoms. The van der Waals surface area contributed by atoms with Gasteiger partial charge in [0.1, 0.15) is 5.60 Å². The minimum Gasteiger partial charge on any atom is -0.460 e. The van der Waals surface area contributed by atoms with Crippen LogP contribution in [0.1, 0.15) is 52.9 Å². The number of esters is 1. The fourth-order valence-electron chi connectivity index (χ4n) is 2.23. The van der Waals surface area contributed by atoms with Gasteiger partial charge in [0.05, 0.1) is 6.42 Å². The van der Waals surface area contributed by atoms with Crippen molar-refractivity contribution in [3.63, 3.8) is 0 Å². The Morgan fingerprint density at radius 1 is 1.28 bits per heavy atom. The molecule has 0 saturated carbocycles. The van der Waals surface area contributed by atoms with Crippen LogP contribution < -0.4 is 5.73 Å². The van der Waals surface area contributed by atoms with Crippen LogP contribution in [0, 0.1) is 0 Å². The van der Waals surface area contributed by atoms with Crippen molar-refractivity contribution in [2.24, 2.45) is 5.73 Å². The normalized spacial score (nSPS) is 19.6. The minimum atomic E-state index is -0.413. The minimum absolute atomic E-state index is 0.0817. The van der Waals surface area contributed by atoms with Crippen molar-refractivity contribution in [2.75, 3.05) is 19.6 Å². The second kappa shape index (κ2) is 7.10. The van der Waals surface area contributed by atoms with E-state index in [1.54, 1.807) is 0 Å². The topological polar surface area (TPSA) is 55.6 Å². The van der Waals surface area contributed by atoms with Gasteiger partial charge in [-0.3, -0.25) is 4.79 Å². The molecule has 0 amide bonds. The van der Waals surface area contributed by atoms with Crippen LogP contribution in [0.3, 0.4) is 0 Å². The molecule has 1 saturated heterocycles. The van der Waals surface area contributed by atoms with E-state index in [0.29, 0.717) is 6.42 Å². The van der Waals surface area contributed by atoms with E-state index in [2.05, 4.69) is 4.90 Å². The molecular weight excluding hydrogens is 228 g/mol. The maximum Gasteiger partial charge on any atom is 0.307 e. The first kappa shape index (κ1) is 15.4. The zero-order chi connectivity index (χ0) is 13.6. The highest BCUT2D eigenvalue weighted by molar-refractivity contribution is 5.70. The molecule has 4 nitrogen and oxygen atoms in total. The van der Waals surface area contributed by atoms with E-state index in [4.69, 9.17) is 10.5 Å². The highest BCUT2D eigenvalue weighted by Gasteiger charge is 2.19. The van der Waals surface area contributed by atoms with Gasteiger partial charge in [0.2, 0.25) is 0 Å². The number of carbonyl (C=O) groups excluding carboxylic acids is 1. The van der Waals surface area contributed by atoms with Gasteiger partial charge in [-0.2, -0.15) is 0 Å². The predicted octanol–water partition coefficient (Wildman–Crippen LogP) is 1.92. The van der Waals surface area contributed by atoms with E-state index in [0.717, 1.165) is 13.0 Å². The first-order chi connectivity index (χ1) is 8.37. The monoisotopic (exact) mass is 256 g/mol. The maximum absolute atomic E-state index is 11.6. The van der Waals surface area contributed by atoms with Crippen LogP contribution in [0.4, 0.5) is 0 Å². The molecule has 0 bridgehead atoms. The van der Waals surface area contributed by atoms with E-state index >= 15 is 0 Å². The van der Waals surface area contributed by atoms with Crippen molar-refractivity contribution in [1.29, 1.82) is 0 Å². The summed E-state index contributed by atoms with van der Waals surface area (Å²) in [4.78, 5) is 14.0. The number of piperidine rings is 1. The second-order valence-electron chi connectivity index (χ2n) is 6.24. The van der Waals surface area contributed by atoms with Gasteiger partial charge in [0.15, 0.2) is 0 Å². The largest absolute Gasteiger partial charge is 0.460 e. The van der Waals surface area contributed by atoms with Crippen LogP contribution in [0.15, 0.2) is 0 Å². The molecular formula is C14H28N2O2. The van der Waals surface area contributed by atoms with Gasteiger partial charge in [-0.15, -0.1) is 0 Å². The van der Waals surface area contributed by atoms with Crippen molar-refractivity contribution in [3.8, 4) is 0 Å². The third kappa shape index (κ3) is 6.97. The zero-order valence-electron chi connectivity index (χ0n) is 12.1. The van der Waals surface area contributed by atoms with E-state index < -0.39 is 5.60 Å². The van der Waals surface area contributed by atoms with Gasteiger partial charge < -0.3 is 15.4 Å². The molecule has 1 aliphatic heterocycles. The fraction of sp³-hybridized carbons (Fsp3) is 0.929. The standard InChI is InChI=1S/C14H28N2O2/c1-14(2,3)18-13(17)11-12(15)7-10-16-8-5-4-6-9-16/h12H,4-11,15H2,1-3H3/t12-/m0/s1. The summed E-state index contributed by atoms with van der Waals surface area (Å²) >= 11 is 0. The molecule has 0 aliphatic carbocycles. The van der Waals surface area contributed by atoms with Crippen molar-refractivity contribution in [1.82, 2.24) is 4.90 Å². The van der Waals surface area contributed by atoms with Gasteiger partial charge in [0.25, 0.3) is 0 Å². The molecule has 0 spiro atoms. The van der Waals surface area contributed by atoms with Crippen molar-refractivity contribution >= 4 is 5.97 Å². The van der Waals surface area contributed by atoms with Crippen LogP contribution in [0.5, 0.6) is 0 Å². The smallest absolute Gasteiger partial charge is 0.307 e. The third-order valence-electron chi connectivity index (χ3n) is 3.11. The molecule has 106 valence electrons. The second-order valence-corrected chi connectivity index (χ2v) is 6.24. The Hall–Kier alpha value is -0.610. The molecule has 0 unspecified atom stereocenters. The van der Waals surface area contributed by atoms with E-state index in [1.165, 1.54) is 32.4 Å². The molecule has 2 N–H and O–H groups in total. The molecule has 1 fully saturated rings. The number of nitrogens with two attached hydrogens (primary N) is 1. The summed E-state index contributed by atoms with van der Waals surface area (Å²) in [6.07, 6.45) is 5.13. The number of hydrogen-bond acceptors (Lipinski definition) is 4. The number of hydrogen-bond donors (Lipinski definition) is 1. The first-order valence-corrected chi connectivity index (χ1v) is 7.06. The van der Waals surface area contributed by atoms with Gasteiger partial charge in [-0.25, -0.2) is 0 Å². The number of likely N-dealkylation sites (tertiary alicyclic amines) is 1. The lowest BCUT2D eigenvalue weighted by atomic mass is 10.1. The Morgan fingerprint density at radius 2 is 1.89 bits per heavy atom. The van der Waals surface area contributed by atoms with Gasteiger partial charge in [-0.1, -0.05) is 6.42 Å². The van der Waals surface area contributed by atoms with E-state index in [9.17, 15) is 4.79 Å². The molecule has 18 heavy (non-hydrogen) atoms. The van der Waals surface area contributed by atoms with Crippen LogP contribution in [0.2, 0.25) is 0 Å². The Kier molecular flexibility index (Phi) is 6.09. The molecule has 1 atom stereocenters. The number of rotatable bonds is 5. The Balaban J connectivity index is 2.16. The van der Waals surface area contributed by atoms with Gasteiger partial charge in [0, 0.05) is 6.04 Å². The van der Waals surface area contributed by atoms with Crippen LogP contribution >= 0.6 is 0 Å². The maximum atomic E-state index is 11.6. The van der Waals surface area contributed by atoms with E-state index in [1.807, 2.05) is 20.8 Å². The Bertz CT molecular complexity index is 255. The predicted molar refractivity (Wildman–Crippen MR) is 73.3 cm³/mol. The third-order valence-corrected chi connectivity index (χ3v) is 3.11. The summed E-state index contributed by atoms with van der Waals surface area (Å²) in [5, 5.41) is 0. The van der Waals surface area contributed by atoms with E-state index in [-0.39, 0.29) is 12.0 Å². The molecule has 1 rings (SSSR count). The number of nitrogens with zero attached hydrogens (tertiary/aromatic N) is 1. The van der Waals surface area contributed by atoms with Crippen molar-refractivity contribution in [2.45, 2.75) is 64.5 Å². The number of ether oxygens (including phenoxy) is 1. The average Bonchev–Trinajstić information content (AvgIpc) is 2.25. The van der Waals surface area contributed by atoms with Crippen LogP contribution in [-0.4, -0.2) is 42.1 Å². The Labute approximate surface area is 111 Å².